The lowest BCUT2D eigenvalue weighted by Gasteiger charge is -2.36. The Morgan fingerprint density at radius 3 is 2.78 bits per heavy atom. The summed E-state index contributed by atoms with van der Waals surface area (Å²) in [6, 6.07) is 2.12. The van der Waals surface area contributed by atoms with E-state index in [2.05, 4.69) is 20.3 Å². The number of benzene rings is 1. The third-order valence-electron chi connectivity index (χ3n) is 5.52. The van der Waals surface area contributed by atoms with Gasteiger partial charge in [0, 0.05) is 17.5 Å². The van der Waals surface area contributed by atoms with Crippen LogP contribution in [-0.2, 0) is 19.8 Å². The summed E-state index contributed by atoms with van der Waals surface area (Å²) in [5.41, 5.74) is 3.81. The maximum atomic E-state index is 14.8. The second-order valence-electron chi connectivity index (χ2n) is 7.51. The molecule has 172 valence electrons. The van der Waals surface area contributed by atoms with E-state index >= 15 is 0 Å². The van der Waals surface area contributed by atoms with Crippen molar-refractivity contribution in [1.29, 1.82) is 0 Å². The van der Waals surface area contributed by atoms with Gasteiger partial charge in [-0.15, -0.1) is 0 Å². The Morgan fingerprint density at radius 1 is 1.34 bits per heavy atom. The van der Waals surface area contributed by atoms with E-state index in [-0.39, 0.29) is 29.5 Å². The van der Waals surface area contributed by atoms with Crippen molar-refractivity contribution in [2.24, 2.45) is 26.6 Å². The van der Waals surface area contributed by atoms with Gasteiger partial charge in [-0.2, -0.15) is 13.2 Å². The molecule has 3 aliphatic rings. The molecule has 1 fully saturated rings. The Labute approximate surface area is 178 Å². The number of aliphatic imine (C=N–C) groups is 3. The Bertz CT molecular complexity index is 1010. The van der Waals surface area contributed by atoms with Gasteiger partial charge in [0.15, 0.2) is 6.10 Å². The van der Waals surface area contributed by atoms with Crippen LogP contribution in [0.5, 0.6) is 0 Å². The van der Waals surface area contributed by atoms with Crippen molar-refractivity contribution in [3.8, 4) is 0 Å². The number of amides is 1. The molecular formula is C19H18F5N5O3. The number of carbonyl (C=O) groups is 1. The minimum Gasteiger partial charge on any atom is -0.465 e. The van der Waals surface area contributed by atoms with Gasteiger partial charge in [0.25, 0.3) is 11.9 Å². The molecule has 1 aromatic carbocycles. The largest absolute Gasteiger partial charge is 0.465 e. The van der Waals surface area contributed by atoms with Gasteiger partial charge in [0.05, 0.1) is 31.4 Å². The van der Waals surface area contributed by atoms with Crippen molar-refractivity contribution in [2.45, 2.75) is 23.9 Å². The van der Waals surface area contributed by atoms with Crippen LogP contribution in [0.2, 0.25) is 0 Å². The van der Waals surface area contributed by atoms with Crippen molar-refractivity contribution in [2.75, 3.05) is 31.7 Å². The number of ether oxygens (including phenoxy) is 2. The maximum Gasteiger partial charge on any atom is 0.415 e. The molecule has 32 heavy (non-hydrogen) atoms. The van der Waals surface area contributed by atoms with E-state index in [1.54, 1.807) is 0 Å². The third kappa shape index (κ3) is 3.92. The highest BCUT2D eigenvalue weighted by molar-refractivity contribution is 6.32. The zero-order chi connectivity index (χ0) is 23.1. The molecule has 1 saturated heterocycles. The Balaban J connectivity index is 1.63. The van der Waals surface area contributed by atoms with Crippen LogP contribution in [0.15, 0.2) is 33.2 Å². The van der Waals surface area contributed by atoms with Crippen molar-refractivity contribution >= 4 is 29.5 Å². The SMILES string of the molecule is NC1=NC2(c3cc(NC(=O)C4CN=C(CF)C=N4)ccc3F)CO[C@H](C(F)(F)F)C2CO1. The quantitative estimate of drug-likeness (QED) is 0.669. The molecule has 1 amide bonds. The monoisotopic (exact) mass is 459 g/mol. The molecule has 13 heteroatoms. The number of carbonyl (C=O) groups excluding carboxylic acids is 1. The molecule has 1 aromatic rings. The van der Waals surface area contributed by atoms with Crippen LogP contribution in [0.25, 0.3) is 0 Å². The highest BCUT2D eigenvalue weighted by atomic mass is 19.4. The zero-order valence-corrected chi connectivity index (χ0v) is 16.4. The van der Waals surface area contributed by atoms with E-state index < -0.39 is 61.4 Å². The summed E-state index contributed by atoms with van der Waals surface area (Å²) in [6.45, 7) is -1.92. The Hall–Kier alpha value is -3.09. The highest BCUT2D eigenvalue weighted by Gasteiger charge is 2.62. The van der Waals surface area contributed by atoms with Gasteiger partial charge in [0.2, 0.25) is 0 Å². The fraction of sp³-hybridized carbons (Fsp3) is 0.474. The molecule has 0 aromatic heterocycles. The maximum absolute atomic E-state index is 14.8. The number of fused-ring (bicyclic) bond motifs is 1. The molecular weight excluding hydrogens is 441 g/mol. The van der Waals surface area contributed by atoms with E-state index in [4.69, 9.17) is 15.2 Å². The molecule has 4 atom stereocenters. The predicted octanol–water partition coefficient (Wildman–Crippen LogP) is 1.75. The number of nitrogens with one attached hydrogen (secondary N) is 1. The molecule has 3 N–H and O–H groups in total. The summed E-state index contributed by atoms with van der Waals surface area (Å²) in [5.74, 6) is -2.82. The standard InChI is InChI=1S/C19H18F5N5O3/c20-4-10-5-27-14(6-26-10)16(30)28-9-1-2-13(21)11(3-9)18-8-32-15(19(22,23)24)12(18)7-31-17(25)29-18/h1-3,5,12,14-15H,4,6-8H2,(H2,25,29)(H,28,30)/t12?,14?,15-,18?/m0/s1. The zero-order valence-electron chi connectivity index (χ0n) is 16.4. The van der Waals surface area contributed by atoms with Gasteiger partial charge in [0.1, 0.15) is 24.1 Å². The second kappa shape index (κ2) is 8.11. The molecule has 8 nitrogen and oxygen atoms in total. The van der Waals surface area contributed by atoms with Gasteiger partial charge >= 0.3 is 6.18 Å². The molecule has 0 saturated carbocycles. The number of nitrogens with zero attached hydrogens (tertiary/aromatic N) is 3. The van der Waals surface area contributed by atoms with Crippen molar-refractivity contribution in [1.82, 2.24) is 0 Å². The molecule has 0 spiro atoms. The minimum absolute atomic E-state index is 0.0685. The molecule has 0 radical (unpaired) electrons. The summed E-state index contributed by atoms with van der Waals surface area (Å²) in [6.07, 6.45) is -5.80. The van der Waals surface area contributed by atoms with E-state index in [0.29, 0.717) is 0 Å². The Kier molecular flexibility index (Phi) is 5.61. The lowest BCUT2D eigenvalue weighted by molar-refractivity contribution is -0.219. The van der Waals surface area contributed by atoms with E-state index in [1.165, 1.54) is 12.1 Å². The summed E-state index contributed by atoms with van der Waals surface area (Å²) in [4.78, 5) is 24.3. The minimum atomic E-state index is -4.72. The number of halogens is 5. The van der Waals surface area contributed by atoms with Crippen molar-refractivity contribution < 1.29 is 36.2 Å². The normalized spacial score (nSPS) is 29.6. The van der Waals surface area contributed by atoms with Gasteiger partial charge in [-0.05, 0) is 18.2 Å². The average Bonchev–Trinajstić information content (AvgIpc) is 3.15. The number of hydrogen-bond donors (Lipinski definition) is 2. The number of alkyl halides is 4. The summed E-state index contributed by atoms with van der Waals surface area (Å²) in [7, 11) is 0. The number of amidine groups is 1. The molecule has 3 heterocycles. The van der Waals surface area contributed by atoms with Gasteiger partial charge in [-0.25, -0.2) is 13.8 Å². The molecule has 0 bridgehead atoms. The number of nitrogens with two attached hydrogens (primary N) is 1. The number of hydrogen-bond acceptors (Lipinski definition) is 7. The van der Waals surface area contributed by atoms with Crippen LogP contribution >= 0.6 is 0 Å². The lowest BCUT2D eigenvalue weighted by Crippen LogP contribution is -2.48. The molecule has 3 unspecified atom stereocenters. The van der Waals surface area contributed by atoms with Crippen LogP contribution in [0.4, 0.5) is 27.6 Å². The highest BCUT2D eigenvalue weighted by Crippen LogP contribution is 2.50. The van der Waals surface area contributed by atoms with Crippen LogP contribution in [0.1, 0.15) is 5.56 Å². The second-order valence-corrected chi connectivity index (χ2v) is 7.51. The first-order valence-electron chi connectivity index (χ1n) is 9.54. The molecule has 4 rings (SSSR count). The fourth-order valence-electron chi connectivity index (χ4n) is 3.95. The van der Waals surface area contributed by atoms with Crippen LogP contribution in [-0.4, -0.2) is 68.6 Å². The molecule has 3 aliphatic heterocycles. The van der Waals surface area contributed by atoms with Crippen molar-refractivity contribution in [3.05, 3.63) is 29.6 Å². The molecule has 0 aliphatic carbocycles. The van der Waals surface area contributed by atoms with Crippen LogP contribution < -0.4 is 11.1 Å². The van der Waals surface area contributed by atoms with Crippen molar-refractivity contribution in [3.63, 3.8) is 0 Å². The first kappa shape index (κ1) is 22.1. The van der Waals surface area contributed by atoms with Crippen LogP contribution in [0, 0.1) is 11.7 Å². The van der Waals surface area contributed by atoms with Crippen LogP contribution in [0.3, 0.4) is 0 Å². The van der Waals surface area contributed by atoms with Gasteiger partial charge in [-0.3, -0.25) is 14.8 Å². The summed E-state index contributed by atoms with van der Waals surface area (Å²) in [5, 5.41) is 2.52. The van der Waals surface area contributed by atoms with E-state index in [0.717, 1.165) is 12.3 Å². The summed E-state index contributed by atoms with van der Waals surface area (Å²) >= 11 is 0. The van der Waals surface area contributed by atoms with E-state index in [1.807, 2.05) is 0 Å². The average molecular weight is 459 g/mol. The third-order valence-corrected chi connectivity index (χ3v) is 5.52. The number of anilines is 1. The predicted molar refractivity (Wildman–Crippen MR) is 104 cm³/mol. The first-order chi connectivity index (χ1) is 15.1. The topological polar surface area (TPSA) is 111 Å². The Morgan fingerprint density at radius 2 is 2.12 bits per heavy atom. The fourth-order valence-corrected chi connectivity index (χ4v) is 3.95. The van der Waals surface area contributed by atoms with E-state index in [9.17, 15) is 26.7 Å². The van der Waals surface area contributed by atoms with Gasteiger partial charge < -0.3 is 20.5 Å². The first-order valence-corrected chi connectivity index (χ1v) is 9.54. The smallest absolute Gasteiger partial charge is 0.415 e. The number of rotatable bonds is 4. The summed E-state index contributed by atoms with van der Waals surface area (Å²) < 4.78 is 77.8. The van der Waals surface area contributed by atoms with Gasteiger partial charge in [-0.1, -0.05) is 0 Å². The lowest BCUT2D eigenvalue weighted by atomic mass is 9.77.